The summed E-state index contributed by atoms with van der Waals surface area (Å²) >= 11 is 0. The Bertz CT molecular complexity index is 3390. The minimum absolute atomic E-state index is 0.0258. The molecule has 4 amide bonds. The second kappa shape index (κ2) is 29.8. The smallest absolute Gasteiger partial charge is 0.243 e. The largest absolute Gasteiger partial charge is 0.497 e. The second-order valence-corrected chi connectivity index (χ2v) is 30.9. The molecule has 8 atom stereocenters. The van der Waals surface area contributed by atoms with Gasteiger partial charge >= 0.3 is 0 Å². The Morgan fingerprint density at radius 2 is 0.773 bits per heavy atom. The average molecular weight is 1250 g/mol. The van der Waals surface area contributed by atoms with Crippen molar-refractivity contribution in [2.24, 2.45) is 23.7 Å². The van der Waals surface area contributed by atoms with E-state index in [1.165, 1.54) is 28.4 Å². The summed E-state index contributed by atoms with van der Waals surface area (Å²) in [5, 5.41) is 40.7. The molecule has 478 valence electrons. The highest BCUT2D eigenvalue weighted by Gasteiger charge is 2.42. The first-order chi connectivity index (χ1) is 41.3. The van der Waals surface area contributed by atoms with Gasteiger partial charge in [-0.2, -0.15) is 0 Å². The minimum atomic E-state index is -3.91. The molecule has 20 heteroatoms. The molecule has 0 aliphatic rings. The van der Waals surface area contributed by atoms with Crippen LogP contribution in [0.2, 0.25) is 0 Å². The number of sulfone groups is 2. The number of aliphatic hydroxyl groups excluding tert-OH is 2. The van der Waals surface area contributed by atoms with E-state index in [0.29, 0.717) is 34.1 Å². The summed E-state index contributed by atoms with van der Waals surface area (Å²) in [7, 11) is -1.99. The normalized spacial score (nSPS) is 15.1. The third-order valence-electron chi connectivity index (χ3n) is 16.3. The number of carbonyl (C=O) groups is 4. The van der Waals surface area contributed by atoms with E-state index in [1.54, 1.807) is 106 Å². The highest BCUT2D eigenvalue weighted by atomic mass is 32.2. The molecule has 0 heterocycles. The molecule has 0 aromatic heterocycles. The monoisotopic (exact) mass is 1250 g/mol. The van der Waals surface area contributed by atoms with E-state index in [0.717, 1.165) is 32.7 Å². The molecule has 0 aliphatic carbocycles. The zero-order valence-corrected chi connectivity index (χ0v) is 54.8. The molecule has 0 aliphatic heterocycles. The van der Waals surface area contributed by atoms with Crippen LogP contribution in [0.15, 0.2) is 121 Å². The number of carbonyl (C=O) groups excluding carboxylic acids is 4. The SMILES string of the molecule is COc1ccc(C[C@H](NC(=O)[C@@H](NC(=O)[C@H](Cc2cccc3ccccc23)CS(=O)(=O)C(C)(C)C)C(C)C)[C@@H](O)[C@H](O)[C@H](Cc2ccc(OC)cc2OC)NC(=O)[C@@H](NC(=O)[C@@H](Cc2cccc3ccccc23)CS(=O)(=O)C(C)(C)C)C(C)C)c(OC)c1. The number of benzene rings is 6. The van der Waals surface area contributed by atoms with Crippen LogP contribution < -0.4 is 40.2 Å². The summed E-state index contributed by atoms with van der Waals surface area (Å²) in [6.45, 7) is 16.2. The number of fused-ring (bicyclic) bond motifs is 2. The molecule has 6 N–H and O–H groups in total. The summed E-state index contributed by atoms with van der Waals surface area (Å²) < 4.78 is 75.8. The summed E-state index contributed by atoms with van der Waals surface area (Å²) in [6, 6.07) is 30.8. The number of hydrogen-bond acceptors (Lipinski definition) is 14. The quantitative estimate of drug-likeness (QED) is 0.0261. The van der Waals surface area contributed by atoms with Crippen molar-refractivity contribution < 1.29 is 65.2 Å². The lowest BCUT2D eigenvalue weighted by Gasteiger charge is -2.35. The van der Waals surface area contributed by atoms with E-state index < -0.39 is 124 Å². The van der Waals surface area contributed by atoms with Gasteiger partial charge in [-0.1, -0.05) is 125 Å². The van der Waals surface area contributed by atoms with Crippen molar-refractivity contribution in [2.45, 2.75) is 141 Å². The van der Waals surface area contributed by atoms with Crippen LogP contribution in [0.3, 0.4) is 0 Å². The van der Waals surface area contributed by atoms with E-state index in [2.05, 4.69) is 21.3 Å². The predicted molar refractivity (Wildman–Crippen MR) is 345 cm³/mol. The van der Waals surface area contributed by atoms with Crippen LogP contribution in [0.1, 0.15) is 91.5 Å². The second-order valence-electron chi connectivity index (χ2n) is 25.3. The molecule has 0 saturated heterocycles. The van der Waals surface area contributed by atoms with E-state index in [9.17, 15) is 36.6 Å². The maximum atomic E-state index is 15.1. The van der Waals surface area contributed by atoms with Gasteiger partial charge in [0.1, 0.15) is 47.3 Å². The zero-order chi connectivity index (χ0) is 65.1. The lowest BCUT2D eigenvalue weighted by Crippen LogP contribution is -2.62. The van der Waals surface area contributed by atoms with Gasteiger partial charge in [-0.25, -0.2) is 16.8 Å². The van der Waals surface area contributed by atoms with E-state index in [-0.39, 0.29) is 25.7 Å². The van der Waals surface area contributed by atoms with Crippen molar-refractivity contribution in [3.63, 3.8) is 0 Å². The van der Waals surface area contributed by atoms with Gasteiger partial charge < -0.3 is 50.4 Å². The fraction of sp³-hybridized carbons (Fsp3) is 0.471. The summed E-state index contributed by atoms with van der Waals surface area (Å²) in [5.41, 5.74) is 2.39. The third-order valence-corrected chi connectivity index (χ3v) is 21.7. The van der Waals surface area contributed by atoms with Crippen molar-refractivity contribution >= 4 is 64.8 Å². The number of hydrogen-bond donors (Lipinski definition) is 6. The van der Waals surface area contributed by atoms with Crippen molar-refractivity contribution in [1.29, 1.82) is 0 Å². The van der Waals surface area contributed by atoms with Crippen LogP contribution >= 0.6 is 0 Å². The number of methoxy groups -OCH3 is 4. The van der Waals surface area contributed by atoms with Gasteiger partial charge in [0.05, 0.1) is 73.4 Å². The lowest BCUT2D eigenvalue weighted by atomic mass is 9.89. The zero-order valence-electron chi connectivity index (χ0n) is 53.2. The fourth-order valence-corrected chi connectivity index (χ4v) is 13.2. The van der Waals surface area contributed by atoms with Gasteiger partial charge in [-0.05, 0) is 135 Å². The van der Waals surface area contributed by atoms with Crippen LogP contribution in [0, 0.1) is 23.7 Å². The maximum Gasteiger partial charge on any atom is 0.243 e. The predicted octanol–water partition coefficient (Wildman–Crippen LogP) is 7.93. The molecule has 0 bridgehead atoms. The Labute approximate surface area is 519 Å². The van der Waals surface area contributed by atoms with Crippen molar-refractivity contribution in [2.75, 3.05) is 39.9 Å². The highest BCUT2D eigenvalue weighted by Crippen LogP contribution is 2.32. The van der Waals surface area contributed by atoms with Crippen LogP contribution in [-0.2, 0) is 64.5 Å². The van der Waals surface area contributed by atoms with Crippen molar-refractivity contribution in [3.05, 3.63) is 144 Å². The van der Waals surface area contributed by atoms with Gasteiger partial charge in [0.25, 0.3) is 0 Å². The molecule has 0 fully saturated rings. The molecule has 0 spiro atoms. The Hall–Kier alpha value is -7.26. The number of ether oxygens (including phenoxy) is 4. The van der Waals surface area contributed by atoms with E-state index in [4.69, 9.17) is 18.9 Å². The van der Waals surface area contributed by atoms with Gasteiger partial charge in [-0.3, -0.25) is 19.2 Å². The summed E-state index contributed by atoms with van der Waals surface area (Å²) in [4.78, 5) is 59.7. The Morgan fingerprint density at radius 1 is 0.432 bits per heavy atom. The van der Waals surface area contributed by atoms with Crippen LogP contribution in [0.4, 0.5) is 0 Å². The number of nitrogens with one attached hydrogen (secondary N) is 4. The molecule has 0 unspecified atom stereocenters. The number of rotatable bonds is 29. The van der Waals surface area contributed by atoms with Crippen LogP contribution in [0.25, 0.3) is 21.5 Å². The van der Waals surface area contributed by atoms with Crippen LogP contribution in [0.5, 0.6) is 23.0 Å². The number of aliphatic hydroxyl groups is 2. The Kier molecular flexibility index (Phi) is 23.7. The average Bonchev–Trinajstić information content (AvgIpc) is 3.60. The standard InChI is InChI=1S/C68H90N4O14S2/c1-41(2)59(71-63(75)49(39-87(79,80)67(5,6)7)33-45-25-19-23-43-21-15-17-27-53(43)45)65(77)69-55(35-47-29-31-51(83-11)37-57(47)85-13)61(73)62(74)56(36-48-30-32-52(84-12)38-58(48)86-14)70-66(78)60(42(3)4)72-64(76)50(40-88(81,82)68(8,9)10)34-46-26-20-24-44-22-16-18-28-54(44)46/h15-32,37-38,41-42,49-50,55-56,59-62,73-74H,33-36,39-40H2,1-14H3,(H,69,77)(H,70,78)(H,71,75)(H,72,76)/t49-,50+,55-,56-,59-,60-,61+,62+/m0/s1. The molecular formula is C68H90N4O14S2. The maximum absolute atomic E-state index is 15.1. The summed E-state index contributed by atoms with van der Waals surface area (Å²) in [6.07, 6.45) is -4.20. The molecular weight excluding hydrogens is 1160 g/mol. The molecule has 0 saturated carbocycles. The molecule has 6 rings (SSSR count). The molecule has 18 nitrogen and oxygen atoms in total. The first kappa shape index (κ1) is 69.8. The van der Waals surface area contributed by atoms with Crippen LogP contribution in [-0.4, -0.2) is 136 Å². The van der Waals surface area contributed by atoms with Crippen molar-refractivity contribution in [3.8, 4) is 23.0 Å². The number of amides is 4. The van der Waals surface area contributed by atoms with E-state index in [1.807, 2.05) is 84.9 Å². The highest BCUT2D eigenvalue weighted by molar-refractivity contribution is 7.93. The first-order valence-electron chi connectivity index (χ1n) is 29.7. The fourth-order valence-electron chi connectivity index (χ4n) is 10.6. The third kappa shape index (κ3) is 17.5. The minimum Gasteiger partial charge on any atom is -0.497 e. The Balaban J connectivity index is 1.38. The first-order valence-corrected chi connectivity index (χ1v) is 33.0. The Morgan fingerprint density at radius 3 is 1.09 bits per heavy atom. The van der Waals surface area contributed by atoms with Gasteiger partial charge in [0.15, 0.2) is 19.7 Å². The topological polar surface area (TPSA) is 262 Å². The molecule has 0 radical (unpaired) electrons. The molecule has 6 aromatic carbocycles. The van der Waals surface area contributed by atoms with Crippen molar-refractivity contribution in [1.82, 2.24) is 21.3 Å². The van der Waals surface area contributed by atoms with Gasteiger partial charge in [0, 0.05) is 12.1 Å². The lowest BCUT2D eigenvalue weighted by molar-refractivity contribution is -0.134. The molecule has 88 heavy (non-hydrogen) atoms. The summed E-state index contributed by atoms with van der Waals surface area (Å²) in [5.74, 6) is -6.03. The molecule has 6 aromatic rings. The van der Waals surface area contributed by atoms with Gasteiger partial charge in [-0.15, -0.1) is 0 Å². The van der Waals surface area contributed by atoms with Gasteiger partial charge in [0.2, 0.25) is 23.6 Å². The van der Waals surface area contributed by atoms with E-state index >= 15 is 9.59 Å².